The van der Waals surface area contributed by atoms with Gasteiger partial charge in [0.25, 0.3) is 0 Å². The second-order valence-corrected chi connectivity index (χ2v) is 5.98. The number of hydrogen-bond donors (Lipinski definition) is 3. The fraction of sp³-hybridized carbons (Fsp3) is 0.857. The summed E-state index contributed by atoms with van der Waals surface area (Å²) in [6.45, 7) is 7.08. The molecule has 1 heterocycles. The summed E-state index contributed by atoms with van der Waals surface area (Å²) in [5, 5.41) is 14.3. The van der Waals surface area contributed by atoms with Crippen LogP contribution in [0, 0.1) is 5.92 Å². The van der Waals surface area contributed by atoms with Gasteiger partial charge < -0.3 is 20.5 Å². The predicted octanol–water partition coefficient (Wildman–Crippen LogP) is 1.74. The molecule has 6 heteroatoms. The second kappa shape index (κ2) is 7.47. The van der Waals surface area contributed by atoms with Crippen LogP contribution in [0.4, 0.5) is 4.79 Å². The van der Waals surface area contributed by atoms with Crippen molar-refractivity contribution >= 4 is 12.0 Å². The van der Waals surface area contributed by atoms with Crippen LogP contribution < -0.4 is 10.6 Å². The molecule has 0 spiro atoms. The SMILES string of the molecule is CCC1OCCC1CNC(=O)NC(C)(C)CCC(=O)O. The quantitative estimate of drug-likeness (QED) is 0.665. The minimum atomic E-state index is -0.853. The molecule has 2 unspecified atom stereocenters. The van der Waals surface area contributed by atoms with Gasteiger partial charge in [-0.05, 0) is 33.1 Å². The molecule has 6 nitrogen and oxygen atoms in total. The Kier molecular flexibility index (Phi) is 6.26. The lowest BCUT2D eigenvalue weighted by molar-refractivity contribution is -0.137. The Morgan fingerprint density at radius 2 is 2.10 bits per heavy atom. The zero-order chi connectivity index (χ0) is 15.2. The molecule has 0 saturated carbocycles. The first kappa shape index (κ1) is 16.8. The van der Waals surface area contributed by atoms with Crippen LogP contribution in [0.1, 0.15) is 46.5 Å². The molecular formula is C14H26N2O4. The average molecular weight is 286 g/mol. The van der Waals surface area contributed by atoms with Gasteiger partial charge in [-0.25, -0.2) is 4.79 Å². The Morgan fingerprint density at radius 3 is 2.70 bits per heavy atom. The average Bonchev–Trinajstić information content (AvgIpc) is 2.81. The van der Waals surface area contributed by atoms with Gasteiger partial charge in [-0.1, -0.05) is 6.92 Å². The van der Waals surface area contributed by atoms with E-state index < -0.39 is 11.5 Å². The monoisotopic (exact) mass is 286 g/mol. The lowest BCUT2D eigenvalue weighted by Gasteiger charge is -2.26. The maximum absolute atomic E-state index is 11.8. The second-order valence-electron chi connectivity index (χ2n) is 5.98. The molecule has 1 saturated heterocycles. The van der Waals surface area contributed by atoms with Crippen LogP contribution in [-0.2, 0) is 9.53 Å². The molecule has 1 rings (SSSR count). The van der Waals surface area contributed by atoms with Crippen molar-refractivity contribution in [2.45, 2.75) is 58.1 Å². The van der Waals surface area contributed by atoms with E-state index in [9.17, 15) is 9.59 Å². The molecular weight excluding hydrogens is 260 g/mol. The van der Waals surface area contributed by atoms with Crippen molar-refractivity contribution < 1.29 is 19.4 Å². The maximum atomic E-state index is 11.8. The van der Waals surface area contributed by atoms with Crippen LogP contribution in [0.3, 0.4) is 0 Å². The summed E-state index contributed by atoms with van der Waals surface area (Å²) in [5.74, 6) is -0.484. The van der Waals surface area contributed by atoms with Gasteiger partial charge in [-0.2, -0.15) is 0 Å². The molecule has 0 aromatic rings. The molecule has 2 amide bonds. The molecule has 0 aromatic carbocycles. The van der Waals surface area contributed by atoms with Gasteiger partial charge in [-0.15, -0.1) is 0 Å². The number of carbonyl (C=O) groups excluding carboxylic acids is 1. The van der Waals surface area contributed by atoms with Gasteiger partial charge in [0.05, 0.1) is 6.10 Å². The number of ether oxygens (including phenoxy) is 1. The molecule has 3 N–H and O–H groups in total. The fourth-order valence-electron chi connectivity index (χ4n) is 2.43. The topological polar surface area (TPSA) is 87.7 Å². The Morgan fingerprint density at radius 1 is 1.40 bits per heavy atom. The van der Waals surface area contributed by atoms with Gasteiger partial charge in [0, 0.05) is 31.0 Å². The molecule has 0 aliphatic carbocycles. The summed E-state index contributed by atoms with van der Waals surface area (Å²) in [6, 6.07) is -0.248. The first-order valence-electron chi connectivity index (χ1n) is 7.23. The van der Waals surface area contributed by atoms with Crippen molar-refractivity contribution in [3.63, 3.8) is 0 Å². The van der Waals surface area contributed by atoms with Gasteiger partial charge in [0.15, 0.2) is 0 Å². The van der Waals surface area contributed by atoms with E-state index in [4.69, 9.17) is 9.84 Å². The standard InChI is InChI=1S/C14H26N2O4/c1-4-11-10(6-8-20-11)9-15-13(19)16-14(2,3)7-5-12(17)18/h10-11H,4-9H2,1-3H3,(H,17,18)(H2,15,16,19). The number of hydrogen-bond acceptors (Lipinski definition) is 3. The molecule has 20 heavy (non-hydrogen) atoms. The van der Waals surface area contributed by atoms with Gasteiger partial charge in [-0.3, -0.25) is 4.79 Å². The lowest BCUT2D eigenvalue weighted by Crippen LogP contribution is -2.49. The van der Waals surface area contributed by atoms with Gasteiger partial charge >= 0.3 is 12.0 Å². The van der Waals surface area contributed by atoms with Crippen molar-refractivity contribution in [3.05, 3.63) is 0 Å². The van der Waals surface area contributed by atoms with E-state index in [1.807, 2.05) is 13.8 Å². The summed E-state index contributed by atoms with van der Waals surface area (Å²) in [5.41, 5.74) is -0.529. The van der Waals surface area contributed by atoms with E-state index in [1.54, 1.807) is 0 Å². The molecule has 0 radical (unpaired) electrons. The largest absolute Gasteiger partial charge is 0.481 e. The van der Waals surface area contributed by atoms with Crippen LogP contribution in [0.15, 0.2) is 0 Å². The van der Waals surface area contributed by atoms with Crippen molar-refractivity contribution in [1.82, 2.24) is 10.6 Å². The number of rotatable bonds is 7. The zero-order valence-corrected chi connectivity index (χ0v) is 12.6. The van der Waals surface area contributed by atoms with Gasteiger partial charge in [0.1, 0.15) is 0 Å². The van der Waals surface area contributed by atoms with Crippen molar-refractivity contribution in [2.75, 3.05) is 13.2 Å². The molecule has 116 valence electrons. The van der Waals surface area contributed by atoms with Crippen molar-refractivity contribution in [1.29, 1.82) is 0 Å². The first-order valence-corrected chi connectivity index (χ1v) is 7.23. The van der Waals surface area contributed by atoms with E-state index in [1.165, 1.54) is 0 Å². The summed E-state index contributed by atoms with van der Waals surface area (Å²) < 4.78 is 5.58. The van der Waals surface area contributed by atoms with Crippen LogP contribution in [-0.4, -0.2) is 41.9 Å². The van der Waals surface area contributed by atoms with Crippen molar-refractivity contribution in [2.24, 2.45) is 5.92 Å². The lowest BCUT2D eigenvalue weighted by atomic mass is 9.98. The van der Waals surface area contributed by atoms with Crippen molar-refractivity contribution in [3.8, 4) is 0 Å². The number of carboxylic acid groups (broad SMARTS) is 1. The van der Waals surface area contributed by atoms with E-state index in [0.29, 0.717) is 18.9 Å². The highest BCUT2D eigenvalue weighted by atomic mass is 16.5. The van der Waals surface area contributed by atoms with Crippen LogP contribution >= 0.6 is 0 Å². The van der Waals surface area contributed by atoms with E-state index in [2.05, 4.69) is 17.6 Å². The predicted molar refractivity (Wildman–Crippen MR) is 75.6 cm³/mol. The molecule has 0 aromatic heterocycles. The highest BCUT2D eigenvalue weighted by molar-refractivity contribution is 5.75. The molecule has 1 fully saturated rings. The minimum Gasteiger partial charge on any atom is -0.481 e. The third kappa shape index (κ3) is 5.77. The Balaban J connectivity index is 2.30. The smallest absolute Gasteiger partial charge is 0.315 e. The fourth-order valence-corrected chi connectivity index (χ4v) is 2.43. The van der Waals surface area contributed by atoms with Gasteiger partial charge in [0.2, 0.25) is 0 Å². The third-order valence-corrected chi connectivity index (χ3v) is 3.69. The summed E-state index contributed by atoms with van der Waals surface area (Å²) in [6.07, 6.45) is 2.61. The minimum absolute atomic E-state index is 0.0433. The molecule has 2 atom stereocenters. The Hall–Kier alpha value is -1.30. The number of aliphatic carboxylic acids is 1. The summed E-state index contributed by atoms with van der Waals surface area (Å²) in [7, 11) is 0. The number of carbonyl (C=O) groups is 2. The van der Waals surface area contributed by atoms with Crippen LogP contribution in [0.2, 0.25) is 0 Å². The number of urea groups is 1. The highest BCUT2D eigenvalue weighted by Gasteiger charge is 2.27. The Bertz CT molecular complexity index is 344. The highest BCUT2D eigenvalue weighted by Crippen LogP contribution is 2.22. The number of nitrogens with one attached hydrogen (secondary N) is 2. The van der Waals surface area contributed by atoms with E-state index in [-0.39, 0.29) is 18.6 Å². The van der Waals surface area contributed by atoms with E-state index in [0.717, 1.165) is 19.4 Å². The number of amides is 2. The van der Waals surface area contributed by atoms with E-state index >= 15 is 0 Å². The summed E-state index contributed by atoms with van der Waals surface area (Å²) >= 11 is 0. The van der Waals surface area contributed by atoms with Crippen LogP contribution in [0.25, 0.3) is 0 Å². The number of carboxylic acids is 1. The first-order chi connectivity index (χ1) is 9.34. The molecule has 0 bridgehead atoms. The normalized spacial score (nSPS) is 22.6. The summed E-state index contributed by atoms with van der Waals surface area (Å²) in [4.78, 5) is 22.4. The molecule has 1 aliphatic heterocycles. The molecule has 1 aliphatic rings. The van der Waals surface area contributed by atoms with Crippen LogP contribution in [0.5, 0.6) is 0 Å². The third-order valence-electron chi connectivity index (χ3n) is 3.69. The Labute approximate surface area is 120 Å². The maximum Gasteiger partial charge on any atom is 0.315 e. The zero-order valence-electron chi connectivity index (χ0n) is 12.6.